The fraction of sp³-hybridized carbons (Fsp3) is 0.267. The van der Waals surface area contributed by atoms with Crippen LogP contribution < -0.4 is 5.73 Å². The first-order chi connectivity index (χ1) is 9.19. The van der Waals surface area contributed by atoms with E-state index in [1.165, 1.54) is 6.07 Å². The molecule has 2 N–H and O–H groups in total. The van der Waals surface area contributed by atoms with Crippen molar-refractivity contribution in [2.75, 3.05) is 6.54 Å². The van der Waals surface area contributed by atoms with Gasteiger partial charge in [0.2, 0.25) is 0 Å². The maximum Gasteiger partial charge on any atom is 0.123 e. The van der Waals surface area contributed by atoms with E-state index in [1.54, 1.807) is 24.5 Å². The van der Waals surface area contributed by atoms with E-state index in [9.17, 15) is 4.39 Å². The van der Waals surface area contributed by atoms with Crippen LogP contribution in [0.5, 0.6) is 0 Å². The molecule has 0 amide bonds. The lowest BCUT2D eigenvalue weighted by molar-refractivity contribution is 0.530. The minimum absolute atomic E-state index is 0.213. The van der Waals surface area contributed by atoms with Crippen molar-refractivity contribution in [3.63, 3.8) is 0 Å². The van der Waals surface area contributed by atoms with Crippen molar-refractivity contribution in [3.05, 3.63) is 64.7 Å². The molecule has 1 aromatic heterocycles. The first-order valence-corrected chi connectivity index (χ1v) is 6.59. The van der Waals surface area contributed by atoms with Gasteiger partial charge in [0.25, 0.3) is 0 Å². The molecule has 0 fully saturated rings. The van der Waals surface area contributed by atoms with E-state index in [4.69, 9.17) is 17.3 Å². The molecule has 1 atom stereocenters. The van der Waals surface area contributed by atoms with Gasteiger partial charge in [-0.1, -0.05) is 23.7 Å². The van der Waals surface area contributed by atoms with Crippen LogP contribution in [-0.2, 0) is 12.8 Å². The highest BCUT2D eigenvalue weighted by atomic mass is 35.5. The Morgan fingerprint density at radius 2 is 2.11 bits per heavy atom. The summed E-state index contributed by atoms with van der Waals surface area (Å²) in [6, 6.07) is 8.53. The van der Waals surface area contributed by atoms with E-state index in [1.807, 2.05) is 12.1 Å². The van der Waals surface area contributed by atoms with Crippen molar-refractivity contribution in [2.24, 2.45) is 11.7 Å². The molecule has 0 radical (unpaired) electrons. The molecule has 2 aromatic rings. The lowest BCUT2D eigenvalue weighted by Crippen LogP contribution is -2.19. The number of hydrogen-bond donors (Lipinski definition) is 1. The van der Waals surface area contributed by atoms with E-state index in [0.717, 1.165) is 24.0 Å². The second-order valence-corrected chi connectivity index (χ2v) is 5.01. The topological polar surface area (TPSA) is 38.9 Å². The standard InChI is InChI=1S/C15H16ClFN2/c16-15-10-19-5-4-13(15)7-12(9-18)6-11-2-1-3-14(17)8-11/h1-5,8,10,12H,6-7,9,18H2. The van der Waals surface area contributed by atoms with Gasteiger partial charge in [0, 0.05) is 12.4 Å². The Morgan fingerprint density at radius 3 is 2.79 bits per heavy atom. The molecule has 0 spiro atoms. The van der Waals surface area contributed by atoms with E-state index in [-0.39, 0.29) is 11.7 Å². The predicted octanol–water partition coefficient (Wildman–Crippen LogP) is 3.23. The third-order valence-electron chi connectivity index (χ3n) is 3.11. The van der Waals surface area contributed by atoms with Crippen LogP contribution in [0.1, 0.15) is 11.1 Å². The summed E-state index contributed by atoms with van der Waals surface area (Å²) in [7, 11) is 0. The maximum atomic E-state index is 13.2. The summed E-state index contributed by atoms with van der Waals surface area (Å²) in [4.78, 5) is 3.96. The zero-order valence-electron chi connectivity index (χ0n) is 10.5. The van der Waals surface area contributed by atoms with Gasteiger partial charge >= 0.3 is 0 Å². The maximum absolute atomic E-state index is 13.2. The molecule has 100 valence electrons. The van der Waals surface area contributed by atoms with Crippen LogP contribution in [0.2, 0.25) is 5.02 Å². The van der Waals surface area contributed by atoms with E-state index in [0.29, 0.717) is 11.6 Å². The highest BCUT2D eigenvalue weighted by Crippen LogP contribution is 2.20. The molecule has 0 aliphatic heterocycles. The van der Waals surface area contributed by atoms with Crippen LogP contribution in [0.4, 0.5) is 4.39 Å². The zero-order chi connectivity index (χ0) is 13.7. The number of nitrogens with two attached hydrogens (primary N) is 1. The molecular formula is C15H16ClFN2. The van der Waals surface area contributed by atoms with Crippen LogP contribution in [0.3, 0.4) is 0 Å². The van der Waals surface area contributed by atoms with Gasteiger partial charge < -0.3 is 5.73 Å². The normalized spacial score (nSPS) is 12.4. The first-order valence-electron chi connectivity index (χ1n) is 6.22. The number of hydrogen-bond acceptors (Lipinski definition) is 2. The van der Waals surface area contributed by atoms with Crippen molar-refractivity contribution in [1.29, 1.82) is 0 Å². The van der Waals surface area contributed by atoms with E-state index < -0.39 is 0 Å². The number of pyridine rings is 1. The minimum atomic E-state index is -0.213. The molecule has 0 aliphatic carbocycles. The minimum Gasteiger partial charge on any atom is -0.330 e. The summed E-state index contributed by atoms with van der Waals surface area (Å²) in [6.07, 6.45) is 4.87. The molecular weight excluding hydrogens is 263 g/mol. The Morgan fingerprint density at radius 1 is 1.26 bits per heavy atom. The fourth-order valence-electron chi connectivity index (χ4n) is 2.12. The third-order valence-corrected chi connectivity index (χ3v) is 3.45. The van der Waals surface area contributed by atoms with Crippen molar-refractivity contribution in [2.45, 2.75) is 12.8 Å². The Labute approximate surface area is 117 Å². The van der Waals surface area contributed by atoms with Crippen LogP contribution >= 0.6 is 11.6 Å². The number of aromatic nitrogens is 1. The van der Waals surface area contributed by atoms with Crippen molar-refractivity contribution < 1.29 is 4.39 Å². The molecule has 0 aliphatic rings. The number of rotatable bonds is 5. The molecule has 0 bridgehead atoms. The lowest BCUT2D eigenvalue weighted by Gasteiger charge is -2.15. The molecule has 0 saturated carbocycles. The van der Waals surface area contributed by atoms with E-state index >= 15 is 0 Å². The fourth-order valence-corrected chi connectivity index (χ4v) is 2.31. The van der Waals surface area contributed by atoms with Gasteiger partial charge in [0.1, 0.15) is 5.82 Å². The summed E-state index contributed by atoms with van der Waals surface area (Å²) in [5.74, 6) is 0.0249. The quantitative estimate of drug-likeness (QED) is 0.912. The molecule has 1 aromatic carbocycles. The Hall–Kier alpha value is -1.45. The van der Waals surface area contributed by atoms with Crippen LogP contribution in [0.25, 0.3) is 0 Å². The zero-order valence-corrected chi connectivity index (χ0v) is 11.3. The van der Waals surface area contributed by atoms with Gasteiger partial charge in [-0.25, -0.2) is 4.39 Å². The Kier molecular flexibility index (Phi) is 4.88. The molecule has 1 unspecified atom stereocenters. The van der Waals surface area contributed by atoms with Gasteiger partial charge in [-0.3, -0.25) is 4.98 Å². The molecule has 0 saturated heterocycles. The molecule has 2 nitrogen and oxygen atoms in total. The average Bonchev–Trinajstić information content (AvgIpc) is 2.40. The largest absolute Gasteiger partial charge is 0.330 e. The second kappa shape index (κ2) is 6.64. The van der Waals surface area contributed by atoms with Gasteiger partial charge in [-0.2, -0.15) is 0 Å². The van der Waals surface area contributed by atoms with Gasteiger partial charge in [0.15, 0.2) is 0 Å². The van der Waals surface area contributed by atoms with Gasteiger partial charge in [0.05, 0.1) is 5.02 Å². The monoisotopic (exact) mass is 278 g/mol. The van der Waals surface area contributed by atoms with E-state index in [2.05, 4.69) is 4.98 Å². The summed E-state index contributed by atoms with van der Waals surface area (Å²) in [5, 5.41) is 0.653. The van der Waals surface area contributed by atoms with Crippen LogP contribution in [-0.4, -0.2) is 11.5 Å². The SMILES string of the molecule is NCC(Cc1cccc(F)c1)Cc1ccncc1Cl. The molecule has 1 heterocycles. The Bertz CT molecular complexity index is 545. The lowest BCUT2D eigenvalue weighted by atomic mass is 9.93. The van der Waals surface area contributed by atoms with Crippen molar-refractivity contribution >= 4 is 11.6 Å². The summed E-state index contributed by atoms with van der Waals surface area (Å²) < 4.78 is 13.2. The highest BCUT2D eigenvalue weighted by molar-refractivity contribution is 6.31. The van der Waals surface area contributed by atoms with Crippen LogP contribution in [0.15, 0.2) is 42.7 Å². The Balaban J connectivity index is 2.07. The van der Waals surface area contributed by atoms with Crippen molar-refractivity contribution in [3.8, 4) is 0 Å². The second-order valence-electron chi connectivity index (χ2n) is 4.61. The number of nitrogens with zero attached hydrogens (tertiary/aromatic N) is 1. The smallest absolute Gasteiger partial charge is 0.123 e. The highest BCUT2D eigenvalue weighted by Gasteiger charge is 2.11. The summed E-state index contributed by atoms with van der Waals surface area (Å²) in [6.45, 7) is 0.537. The molecule has 4 heteroatoms. The molecule has 19 heavy (non-hydrogen) atoms. The summed E-state index contributed by atoms with van der Waals surface area (Å²) in [5.41, 5.74) is 7.79. The molecule has 2 rings (SSSR count). The predicted molar refractivity (Wildman–Crippen MR) is 75.6 cm³/mol. The number of halogens is 2. The van der Waals surface area contributed by atoms with Gasteiger partial charge in [-0.05, 0) is 54.6 Å². The first kappa shape index (κ1) is 14.0. The van der Waals surface area contributed by atoms with Crippen LogP contribution in [0, 0.1) is 11.7 Å². The summed E-state index contributed by atoms with van der Waals surface area (Å²) >= 11 is 6.09. The number of benzene rings is 1. The van der Waals surface area contributed by atoms with Crippen molar-refractivity contribution in [1.82, 2.24) is 4.98 Å². The van der Waals surface area contributed by atoms with Gasteiger partial charge in [-0.15, -0.1) is 0 Å². The average molecular weight is 279 g/mol. The third kappa shape index (κ3) is 4.01.